The zero-order valence-corrected chi connectivity index (χ0v) is 19.8. The first kappa shape index (κ1) is 23.3. The second-order valence-corrected chi connectivity index (χ2v) is 10.9. The number of methoxy groups -OCH3 is 1. The molecule has 0 saturated carbocycles. The SMILES string of the molecule is COc1ccc(/C=C2/Oc3c(ccc(O)c3CN3CCN(S(=O)(=O)C(C)C)CC3)C2=O)cc1. The smallest absolute Gasteiger partial charge is 0.231 e. The molecule has 2 aromatic rings. The number of ether oxygens (including phenoxy) is 2. The highest BCUT2D eigenvalue weighted by molar-refractivity contribution is 7.89. The van der Waals surface area contributed by atoms with Gasteiger partial charge in [-0.25, -0.2) is 8.42 Å². The van der Waals surface area contributed by atoms with Gasteiger partial charge in [0.15, 0.2) is 5.76 Å². The van der Waals surface area contributed by atoms with Crippen molar-refractivity contribution in [2.75, 3.05) is 33.3 Å². The largest absolute Gasteiger partial charge is 0.507 e. The van der Waals surface area contributed by atoms with E-state index in [9.17, 15) is 18.3 Å². The maximum absolute atomic E-state index is 12.9. The number of allylic oxidation sites excluding steroid dienone is 1. The molecule has 176 valence electrons. The second-order valence-electron chi connectivity index (χ2n) is 8.42. The van der Waals surface area contributed by atoms with Gasteiger partial charge in [0, 0.05) is 32.7 Å². The van der Waals surface area contributed by atoms with Crippen LogP contribution in [0, 0.1) is 0 Å². The van der Waals surface area contributed by atoms with Crippen LogP contribution in [0.1, 0.15) is 35.3 Å². The summed E-state index contributed by atoms with van der Waals surface area (Å²) < 4.78 is 37.4. The number of nitrogens with zero attached hydrogens (tertiary/aromatic N) is 2. The Morgan fingerprint density at radius 1 is 1.09 bits per heavy atom. The van der Waals surface area contributed by atoms with E-state index in [1.807, 2.05) is 12.1 Å². The van der Waals surface area contributed by atoms with Gasteiger partial charge in [0.1, 0.15) is 17.2 Å². The first-order valence-electron chi connectivity index (χ1n) is 10.8. The Morgan fingerprint density at radius 3 is 2.36 bits per heavy atom. The fraction of sp³-hybridized carbons (Fsp3) is 0.375. The van der Waals surface area contributed by atoms with Gasteiger partial charge in [0.2, 0.25) is 15.8 Å². The Kier molecular flexibility index (Phi) is 6.47. The van der Waals surface area contributed by atoms with Gasteiger partial charge in [-0.2, -0.15) is 4.31 Å². The minimum Gasteiger partial charge on any atom is -0.507 e. The molecule has 0 atom stereocenters. The molecule has 4 rings (SSSR count). The zero-order valence-electron chi connectivity index (χ0n) is 18.9. The maximum Gasteiger partial charge on any atom is 0.231 e. The van der Waals surface area contributed by atoms with E-state index in [1.54, 1.807) is 45.2 Å². The van der Waals surface area contributed by atoms with Crippen LogP contribution in [-0.2, 0) is 16.6 Å². The summed E-state index contributed by atoms with van der Waals surface area (Å²) in [6.07, 6.45) is 1.66. The number of piperazine rings is 1. The summed E-state index contributed by atoms with van der Waals surface area (Å²) in [5, 5.41) is 10.1. The summed E-state index contributed by atoms with van der Waals surface area (Å²) in [5.74, 6) is 1.07. The molecule has 1 fully saturated rings. The van der Waals surface area contributed by atoms with Crippen molar-refractivity contribution in [2.24, 2.45) is 0 Å². The molecule has 2 heterocycles. The van der Waals surface area contributed by atoms with Crippen LogP contribution in [0.15, 0.2) is 42.2 Å². The monoisotopic (exact) mass is 472 g/mol. The van der Waals surface area contributed by atoms with E-state index < -0.39 is 15.3 Å². The van der Waals surface area contributed by atoms with Crippen molar-refractivity contribution in [3.8, 4) is 17.2 Å². The van der Waals surface area contributed by atoms with Crippen LogP contribution in [0.2, 0.25) is 0 Å². The fourth-order valence-electron chi connectivity index (χ4n) is 3.97. The number of fused-ring (bicyclic) bond motifs is 1. The van der Waals surface area contributed by atoms with Crippen LogP contribution < -0.4 is 9.47 Å². The molecule has 2 aliphatic heterocycles. The molecule has 1 saturated heterocycles. The standard InChI is InChI=1S/C24H28N2O6S/c1-16(2)33(29,30)26-12-10-25(11-13-26)15-20-21(27)9-8-19-23(28)22(32-24(19)20)14-17-4-6-18(31-3)7-5-17/h4-9,14,16,27H,10-13,15H2,1-3H3/b22-14+. The van der Waals surface area contributed by atoms with Crippen LogP contribution in [0.3, 0.4) is 0 Å². The Morgan fingerprint density at radius 2 is 1.76 bits per heavy atom. The summed E-state index contributed by atoms with van der Waals surface area (Å²) in [4.78, 5) is 15.0. The van der Waals surface area contributed by atoms with E-state index in [1.165, 1.54) is 10.4 Å². The third-order valence-electron chi connectivity index (χ3n) is 6.00. The van der Waals surface area contributed by atoms with E-state index in [4.69, 9.17) is 9.47 Å². The molecule has 0 aromatic heterocycles. The third kappa shape index (κ3) is 4.62. The number of ketones is 1. The number of phenols is 1. The lowest BCUT2D eigenvalue weighted by molar-refractivity contribution is 0.101. The van der Waals surface area contributed by atoms with Crippen LogP contribution in [0.25, 0.3) is 6.08 Å². The lowest BCUT2D eigenvalue weighted by atomic mass is 10.0. The van der Waals surface area contributed by atoms with Crippen molar-refractivity contribution >= 4 is 21.9 Å². The van der Waals surface area contributed by atoms with Crippen molar-refractivity contribution in [3.05, 3.63) is 58.8 Å². The molecule has 2 aliphatic rings. The van der Waals surface area contributed by atoms with Gasteiger partial charge in [0.25, 0.3) is 0 Å². The minimum absolute atomic E-state index is 0.0458. The van der Waals surface area contributed by atoms with E-state index >= 15 is 0 Å². The van der Waals surface area contributed by atoms with E-state index in [2.05, 4.69) is 4.90 Å². The van der Waals surface area contributed by atoms with Crippen molar-refractivity contribution in [1.82, 2.24) is 9.21 Å². The minimum atomic E-state index is -3.29. The quantitative estimate of drug-likeness (QED) is 0.646. The van der Waals surface area contributed by atoms with Crippen molar-refractivity contribution in [3.63, 3.8) is 0 Å². The number of carbonyl (C=O) groups excluding carboxylic acids is 1. The molecule has 0 aliphatic carbocycles. The van der Waals surface area contributed by atoms with Crippen molar-refractivity contribution < 1.29 is 27.8 Å². The Bertz CT molecular complexity index is 1180. The van der Waals surface area contributed by atoms with Crippen LogP contribution in [0.4, 0.5) is 0 Å². The first-order chi connectivity index (χ1) is 15.7. The lowest BCUT2D eigenvalue weighted by Crippen LogP contribution is -2.49. The molecule has 0 bridgehead atoms. The summed E-state index contributed by atoms with van der Waals surface area (Å²) in [5.41, 5.74) is 1.72. The van der Waals surface area contributed by atoms with E-state index in [0.29, 0.717) is 55.3 Å². The van der Waals surface area contributed by atoms with Gasteiger partial charge < -0.3 is 14.6 Å². The Balaban J connectivity index is 1.52. The second kappa shape index (κ2) is 9.17. The van der Waals surface area contributed by atoms with Crippen molar-refractivity contribution in [2.45, 2.75) is 25.6 Å². The number of hydrogen-bond donors (Lipinski definition) is 1. The van der Waals surface area contributed by atoms with Gasteiger partial charge in [-0.05, 0) is 49.8 Å². The number of phenolic OH excluding ortho intramolecular Hbond substituents is 1. The summed E-state index contributed by atoms with van der Waals surface area (Å²) in [7, 11) is -1.70. The molecular formula is C24H28N2O6S. The van der Waals surface area contributed by atoms with E-state index in [-0.39, 0.29) is 17.3 Å². The zero-order chi connectivity index (χ0) is 23.8. The molecule has 8 nitrogen and oxygen atoms in total. The average Bonchev–Trinajstić information content (AvgIpc) is 3.12. The topological polar surface area (TPSA) is 96.4 Å². The number of hydrogen-bond acceptors (Lipinski definition) is 7. The first-order valence-corrected chi connectivity index (χ1v) is 12.4. The highest BCUT2D eigenvalue weighted by Crippen LogP contribution is 2.40. The van der Waals surface area contributed by atoms with Gasteiger partial charge in [-0.15, -0.1) is 0 Å². The average molecular weight is 473 g/mol. The molecule has 9 heteroatoms. The van der Waals surface area contributed by atoms with Gasteiger partial charge >= 0.3 is 0 Å². The van der Waals surface area contributed by atoms with Gasteiger partial charge in [0.05, 0.1) is 23.5 Å². The van der Waals surface area contributed by atoms with Gasteiger partial charge in [-0.1, -0.05) is 12.1 Å². The maximum atomic E-state index is 12.9. The summed E-state index contributed by atoms with van der Waals surface area (Å²) >= 11 is 0. The molecule has 2 aromatic carbocycles. The highest BCUT2D eigenvalue weighted by atomic mass is 32.2. The number of Topliss-reactive ketones (excluding diaryl/α,β-unsaturated/α-hetero) is 1. The predicted octanol–water partition coefficient (Wildman–Crippen LogP) is 2.87. The molecule has 33 heavy (non-hydrogen) atoms. The predicted molar refractivity (Wildman–Crippen MR) is 125 cm³/mol. The van der Waals surface area contributed by atoms with Crippen molar-refractivity contribution in [1.29, 1.82) is 0 Å². The molecule has 0 unspecified atom stereocenters. The number of rotatable bonds is 6. The van der Waals surface area contributed by atoms with Crippen LogP contribution >= 0.6 is 0 Å². The Labute approximate surface area is 194 Å². The Hall–Kier alpha value is -2.88. The molecule has 0 amide bonds. The number of carbonyl (C=O) groups is 1. The number of benzene rings is 2. The molecular weight excluding hydrogens is 444 g/mol. The molecule has 0 radical (unpaired) electrons. The lowest BCUT2D eigenvalue weighted by Gasteiger charge is -2.35. The molecule has 0 spiro atoms. The highest BCUT2D eigenvalue weighted by Gasteiger charge is 2.33. The number of aromatic hydroxyl groups is 1. The normalized spacial score (nSPS) is 18.5. The van der Waals surface area contributed by atoms with Crippen LogP contribution in [-0.4, -0.2) is 67.1 Å². The van der Waals surface area contributed by atoms with Gasteiger partial charge in [-0.3, -0.25) is 9.69 Å². The molecule has 1 N–H and O–H groups in total. The third-order valence-corrected chi connectivity index (χ3v) is 8.27. The fourth-order valence-corrected chi connectivity index (χ4v) is 5.23. The summed E-state index contributed by atoms with van der Waals surface area (Å²) in [6.45, 7) is 5.54. The van der Waals surface area contributed by atoms with E-state index in [0.717, 1.165) is 5.56 Å². The van der Waals surface area contributed by atoms with Crippen LogP contribution in [0.5, 0.6) is 17.2 Å². The summed E-state index contributed by atoms with van der Waals surface area (Å²) in [6, 6.07) is 10.3. The number of sulfonamides is 1.